The number of benzene rings is 1. The van der Waals surface area contributed by atoms with Gasteiger partial charge in [-0.2, -0.15) is 0 Å². The zero-order valence-electron chi connectivity index (χ0n) is 12.5. The number of rotatable bonds is 2. The van der Waals surface area contributed by atoms with Gasteiger partial charge in [-0.15, -0.1) is 0 Å². The van der Waals surface area contributed by atoms with E-state index in [4.69, 9.17) is 0 Å². The van der Waals surface area contributed by atoms with E-state index in [1.807, 2.05) is 0 Å². The standard InChI is InChI=1S/C19H23NO/c21-19-7-2-1-4-17-12-20(13-18(17)19)11-14-8-9-15-5-3-6-16(15)10-14/h8-10,12-13,19,21H,1-7,11H2. The number of aliphatic hydroxyl groups is 1. The van der Waals surface area contributed by atoms with Crippen molar-refractivity contribution in [1.82, 2.24) is 4.57 Å². The molecule has 21 heavy (non-hydrogen) atoms. The largest absolute Gasteiger partial charge is 0.388 e. The summed E-state index contributed by atoms with van der Waals surface area (Å²) in [6.45, 7) is 0.924. The summed E-state index contributed by atoms with van der Waals surface area (Å²) >= 11 is 0. The monoisotopic (exact) mass is 281 g/mol. The summed E-state index contributed by atoms with van der Waals surface area (Å²) in [7, 11) is 0. The van der Waals surface area contributed by atoms with Crippen LogP contribution in [0, 0.1) is 0 Å². The Morgan fingerprint density at radius 3 is 2.76 bits per heavy atom. The third kappa shape index (κ3) is 2.53. The van der Waals surface area contributed by atoms with Crippen LogP contribution in [0.15, 0.2) is 30.6 Å². The molecule has 1 N–H and O–H groups in total. The predicted molar refractivity (Wildman–Crippen MR) is 84.5 cm³/mol. The Kier molecular flexibility index (Phi) is 3.34. The minimum atomic E-state index is -0.260. The lowest BCUT2D eigenvalue weighted by molar-refractivity contribution is 0.166. The van der Waals surface area contributed by atoms with Gasteiger partial charge in [0.05, 0.1) is 6.10 Å². The Morgan fingerprint density at radius 1 is 0.952 bits per heavy atom. The molecule has 2 nitrogen and oxygen atoms in total. The van der Waals surface area contributed by atoms with E-state index in [9.17, 15) is 5.11 Å². The number of fused-ring (bicyclic) bond motifs is 2. The van der Waals surface area contributed by atoms with Gasteiger partial charge in [0.2, 0.25) is 0 Å². The van der Waals surface area contributed by atoms with Gasteiger partial charge in [0, 0.05) is 24.5 Å². The van der Waals surface area contributed by atoms with Crippen LogP contribution in [0.2, 0.25) is 0 Å². The van der Waals surface area contributed by atoms with Crippen molar-refractivity contribution in [2.45, 2.75) is 57.6 Å². The van der Waals surface area contributed by atoms with Gasteiger partial charge in [0.25, 0.3) is 0 Å². The van der Waals surface area contributed by atoms with Crippen LogP contribution in [0.1, 0.15) is 59.6 Å². The molecule has 0 saturated carbocycles. The normalized spacial score (nSPS) is 20.9. The Hall–Kier alpha value is -1.54. The smallest absolute Gasteiger partial charge is 0.0807 e. The minimum absolute atomic E-state index is 0.260. The summed E-state index contributed by atoms with van der Waals surface area (Å²) in [5, 5.41) is 10.2. The zero-order chi connectivity index (χ0) is 14.2. The van der Waals surface area contributed by atoms with Gasteiger partial charge in [-0.25, -0.2) is 0 Å². The highest BCUT2D eigenvalue weighted by Gasteiger charge is 2.18. The summed E-state index contributed by atoms with van der Waals surface area (Å²) in [4.78, 5) is 0. The zero-order valence-corrected chi connectivity index (χ0v) is 12.5. The molecule has 2 aliphatic rings. The molecule has 0 amide bonds. The molecule has 1 heterocycles. The average molecular weight is 281 g/mol. The highest BCUT2D eigenvalue weighted by atomic mass is 16.3. The van der Waals surface area contributed by atoms with Crippen molar-refractivity contribution >= 4 is 0 Å². The second-order valence-corrected chi connectivity index (χ2v) is 6.63. The van der Waals surface area contributed by atoms with Gasteiger partial charge >= 0.3 is 0 Å². The molecule has 4 rings (SSSR count). The van der Waals surface area contributed by atoms with E-state index < -0.39 is 0 Å². The van der Waals surface area contributed by atoms with Crippen molar-refractivity contribution in [1.29, 1.82) is 0 Å². The maximum atomic E-state index is 10.2. The van der Waals surface area contributed by atoms with Crippen molar-refractivity contribution in [3.05, 3.63) is 58.4 Å². The van der Waals surface area contributed by atoms with Crippen molar-refractivity contribution < 1.29 is 5.11 Å². The van der Waals surface area contributed by atoms with Gasteiger partial charge in [-0.1, -0.05) is 24.6 Å². The highest BCUT2D eigenvalue weighted by Crippen LogP contribution is 2.30. The van der Waals surface area contributed by atoms with Gasteiger partial charge < -0.3 is 9.67 Å². The summed E-state index contributed by atoms with van der Waals surface area (Å²) < 4.78 is 2.26. The number of hydrogen-bond donors (Lipinski definition) is 1. The first-order valence-corrected chi connectivity index (χ1v) is 8.27. The van der Waals surface area contributed by atoms with Crippen molar-refractivity contribution in [3.63, 3.8) is 0 Å². The van der Waals surface area contributed by atoms with Crippen LogP contribution in [0.4, 0.5) is 0 Å². The molecule has 0 fully saturated rings. The first-order chi connectivity index (χ1) is 10.3. The van der Waals surface area contributed by atoms with E-state index in [0.29, 0.717) is 0 Å². The predicted octanol–water partition coefficient (Wildman–Crippen LogP) is 3.78. The lowest BCUT2D eigenvalue weighted by Crippen LogP contribution is -1.99. The number of aromatic nitrogens is 1. The molecule has 2 heteroatoms. The molecule has 0 bridgehead atoms. The molecule has 0 saturated heterocycles. The van der Waals surface area contributed by atoms with E-state index >= 15 is 0 Å². The van der Waals surface area contributed by atoms with Gasteiger partial charge in [-0.05, 0) is 60.8 Å². The molecule has 1 aromatic heterocycles. The van der Waals surface area contributed by atoms with E-state index in [-0.39, 0.29) is 6.10 Å². The van der Waals surface area contributed by atoms with Gasteiger partial charge in [0.15, 0.2) is 0 Å². The molecular formula is C19H23NO. The van der Waals surface area contributed by atoms with Crippen LogP contribution in [0.25, 0.3) is 0 Å². The second-order valence-electron chi connectivity index (χ2n) is 6.63. The lowest BCUT2D eigenvalue weighted by Gasteiger charge is -2.08. The number of aryl methyl sites for hydroxylation is 3. The van der Waals surface area contributed by atoms with Crippen LogP contribution >= 0.6 is 0 Å². The fourth-order valence-electron chi connectivity index (χ4n) is 3.92. The average Bonchev–Trinajstić information content (AvgIpc) is 3.06. The Labute approximate surface area is 126 Å². The number of hydrogen-bond acceptors (Lipinski definition) is 1. The Balaban J connectivity index is 1.59. The second kappa shape index (κ2) is 5.34. The molecule has 1 unspecified atom stereocenters. The summed E-state index contributed by atoms with van der Waals surface area (Å²) in [6.07, 6.45) is 12.3. The van der Waals surface area contributed by atoms with E-state index in [2.05, 4.69) is 35.2 Å². The minimum Gasteiger partial charge on any atom is -0.388 e. The SMILES string of the molecule is OC1CCCCc2cn(Cc3ccc4c(c3)CCC4)cc21. The van der Waals surface area contributed by atoms with Crippen LogP contribution < -0.4 is 0 Å². The highest BCUT2D eigenvalue weighted by molar-refractivity contribution is 5.36. The summed E-state index contributed by atoms with van der Waals surface area (Å²) in [5.74, 6) is 0. The Morgan fingerprint density at radius 2 is 1.81 bits per heavy atom. The van der Waals surface area contributed by atoms with Crippen molar-refractivity contribution in [3.8, 4) is 0 Å². The summed E-state index contributed by atoms with van der Waals surface area (Å²) in [5.41, 5.74) is 6.98. The maximum absolute atomic E-state index is 10.2. The topological polar surface area (TPSA) is 25.2 Å². The van der Waals surface area contributed by atoms with Gasteiger partial charge in [0.1, 0.15) is 0 Å². The van der Waals surface area contributed by atoms with E-state index in [0.717, 1.165) is 31.4 Å². The van der Waals surface area contributed by atoms with Crippen LogP contribution in [0.3, 0.4) is 0 Å². The van der Waals surface area contributed by atoms with Crippen LogP contribution in [-0.4, -0.2) is 9.67 Å². The molecule has 2 aliphatic carbocycles. The quantitative estimate of drug-likeness (QED) is 0.833. The molecule has 1 aromatic carbocycles. The lowest BCUT2D eigenvalue weighted by atomic mass is 10.1. The third-order valence-corrected chi connectivity index (χ3v) is 5.06. The molecule has 0 spiro atoms. The summed E-state index contributed by atoms with van der Waals surface area (Å²) in [6, 6.07) is 6.96. The first-order valence-electron chi connectivity index (χ1n) is 8.27. The van der Waals surface area contributed by atoms with E-state index in [1.54, 1.807) is 5.56 Å². The van der Waals surface area contributed by atoms with Gasteiger partial charge in [-0.3, -0.25) is 0 Å². The molecule has 110 valence electrons. The first kappa shape index (κ1) is 13.1. The van der Waals surface area contributed by atoms with Crippen molar-refractivity contribution in [2.75, 3.05) is 0 Å². The fraction of sp³-hybridized carbons (Fsp3) is 0.474. The third-order valence-electron chi connectivity index (χ3n) is 5.06. The molecule has 0 aliphatic heterocycles. The molecule has 0 radical (unpaired) electrons. The van der Waals surface area contributed by atoms with Crippen molar-refractivity contribution in [2.24, 2.45) is 0 Å². The maximum Gasteiger partial charge on any atom is 0.0807 e. The fourth-order valence-corrected chi connectivity index (χ4v) is 3.92. The number of aliphatic hydroxyl groups excluding tert-OH is 1. The molecule has 1 atom stereocenters. The van der Waals surface area contributed by atoms with Crippen LogP contribution in [0.5, 0.6) is 0 Å². The van der Waals surface area contributed by atoms with Crippen LogP contribution in [-0.2, 0) is 25.8 Å². The van der Waals surface area contributed by atoms with E-state index in [1.165, 1.54) is 42.4 Å². The molecular weight excluding hydrogens is 258 g/mol. The number of nitrogens with zero attached hydrogens (tertiary/aromatic N) is 1. The Bertz CT molecular complexity index is 656. The molecule has 2 aromatic rings.